The molecule has 4 fully saturated rings. The molecule has 30 heteroatoms. The second-order valence-electron chi connectivity index (χ2n) is 23.5. The lowest BCUT2D eigenvalue weighted by atomic mass is 9.88. The number of hydroxylamine groups is 4. The van der Waals surface area contributed by atoms with Crippen molar-refractivity contribution in [2.75, 3.05) is 77.3 Å². The van der Waals surface area contributed by atoms with E-state index < -0.39 is 68.9 Å². The van der Waals surface area contributed by atoms with Crippen LogP contribution in [0.4, 0.5) is 4.79 Å². The fourth-order valence-electron chi connectivity index (χ4n) is 10.4. The number of carboxylic acid groups (broad SMARTS) is 2. The summed E-state index contributed by atoms with van der Waals surface area (Å²) in [5, 5.41) is 28.6. The molecule has 0 aliphatic carbocycles. The van der Waals surface area contributed by atoms with E-state index in [9.17, 15) is 48.6 Å². The van der Waals surface area contributed by atoms with E-state index in [1.54, 1.807) is 105 Å². The molecule has 486 valence electrons. The number of piperazine rings is 2. The Kier molecular flexibility index (Phi) is 26.7. The number of aromatic nitrogens is 2. The predicted octanol–water partition coefficient (Wildman–Crippen LogP) is 3.70. The van der Waals surface area contributed by atoms with E-state index in [4.69, 9.17) is 27.6 Å². The maximum atomic E-state index is 13.6. The maximum Gasteiger partial charge on any atom is 0.415 e. The third kappa shape index (κ3) is 20.5. The van der Waals surface area contributed by atoms with Gasteiger partial charge >= 0.3 is 18.0 Å². The number of carbonyl (C=O) groups excluding carboxylic acids is 6. The highest BCUT2D eigenvalue weighted by Crippen LogP contribution is 2.41. The third-order valence-electron chi connectivity index (χ3n) is 15.5. The van der Waals surface area contributed by atoms with E-state index in [0.717, 1.165) is 5.56 Å². The van der Waals surface area contributed by atoms with Crippen LogP contribution in [0, 0.1) is 5.41 Å². The molecule has 0 radical (unpaired) electrons. The molecule has 4 saturated heterocycles. The number of hydrogen-bond acceptors (Lipinski definition) is 22. The molecule has 4 aliphatic heterocycles. The van der Waals surface area contributed by atoms with Crippen molar-refractivity contribution < 1.29 is 76.1 Å². The van der Waals surface area contributed by atoms with Gasteiger partial charge in [0.2, 0.25) is 29.5 Å². The van der Waals surface area contributed by atoms with Crippen molar-refractivity contribution in [3.63, 3.8) is 0 Å². The van der Waals surface area contributed by atoms with Crippen LogP contribution in [-0.2, 0) is 82.6 Å². The maximum absolute atomic E-state index is 13.6. The lowest BCUT2D eigenvalue weighted by Gasteiger charge is -2.35. The van der Waals surface area contributed by atoms with Gasteiger partial charge in [0.05, 0.1) is 37.2 Å². The van der Waals surface area contributed by atoms with E-state index in [0.29, 0.717) is 67.0 Å². The van der Waals surface area contributed by atoms with Crippen molar-refractivity contribution in [1.29, 1.82) is 0 Å². The molecule has 2 aromatic carbocycles. The van der Waals surface area contributed by atoms with E-state index in [2.05, 4.69) is 45.7 Å². The number of carbonyl (C=O) groups is 8. The van der Waals surface area contributed by atoms with Crippen LogP contribution in [0.5, 0.6) is 17.2 Å². The number of hydrogen-bond donors (Lipinski definition) is 4. The van der Waals surface area contributed by atoms with Gasteiger partial charge in [0.15, 0.2) is 36.6 Å². The van der Waals surface area contributed by atoms with Crippen molar-refractivity contribution in [3.05, 3.63) is 114 Å². The number of benzene rings is 2. The Morgan fingerprint density at radius 2 is 1.00 bits per heavy atom. The third-order valence-corrected chi connectivity index (χ3v) is 18.2. The summed E-state index contributed by atoms with van der Waals surface area (Å²) in [5.41, 5.74) is 1.60. The molecule has 4 N–H and O–H groups in total. The van der Waals surface area contributed by atoms with Crippen molar-refractivity contribution in [1.82, 2.24) is 50.3 Å². The van der Waals surface area contributed by atoms with Crippen molar-refractivity contribution >= 4 is 96.2 Å². The quantitative estimate of drug-likeness (QED) is 0.0777. The summed E-state index contributed by atoms with van der Waals surface area (Å²) in [6, 6.07) is 16.3. The van der Waals surface area contributed by atoms with Gasteiger partial charge in [0.1, 0.15) is 36.5 Å². The number of nitrogens with zero attached hydrogens (tertiary/aromatic N) is 8. The first-order valence-corrected chi connectivity index (χ1v) is 31.5. The molecule has 2 aromatic heterocycles. The first kappa shape index (κ1) is 71.6. The smallest absolute Gasteiger partial charge is 0.415 e. The molecule has 26 nitrogen and oxygen atoms in total. The lowest BCUT2D eigenvalue weighted by Crippen LogP contribution is -2.56. The highest BCUT2D eigenvalue weighted by molar-refractivity contribution is 8.01. The van der Waals surface area contributed by atoms with Crippen molar-refractivity contribution in [2.24, 2.45) is 5.41 Å². The molecule has 0 bridgehead atoms. The first-order valence-electron chi connectivity index (χ1n) is 28.8. The highest BCUT2D eigenvalue weighted by Gasteiger charge is 2.50. The molecule has 4 atom stereocenters. The normalized spacial score (nSPS) is 18.7. The predicted molar refractivity (Wildman–Crippen MR) is 335 cm³/mol. The Morgan fingerprint density at radius 3 is 1.43 bits per heavy atom. The Hall–Kier alpha value is -7.48. The van der Waals surface area contributed by atoms with Crippen LogP contribution < -0.4 is 25.0 Å². The lowest BCUT2D eigenvalue weighted by molar-refractivity contribution is -0.148. The SMILES string of the molecule is CC(C)(CCC(=O)N1CCN(C(=O)Cc2ccc(C[C@H](NC(=O)[C@H]3N(Oc4cccnc4)CSC3(C)C)C(=O)O)cc2)CC1)COCC(=O)N1CCN(C(=O)Oc2ccc(C[C@H](NC(=O)[C@H]3N(Oc4cccnc4)CSC3(C)C)C(=O)O)cc2)CC1.O=S.O=S. The second kappa shape index (κ2) is 33.5. The average Bonchev–Trinajstić information content (AvgIpc) is 2.40. The number of ether oxygens (including phenoxy) is 2. The summed E-state index contributed by atoms with van der Waals surface area (Å²) < 4.78 is 26.0. The summed E-state index contributed by atoms with van der Waals surface area (Å²) >= 11 is 8.70. The summed E-state index contributed by atoms with van der Waals surface area (Å²) in [4.78, 5) is 132. The van der Waals surface area contributed by atoms with Gasteiger partial charge < -0.3 is 59.6 Å². The number of pyridine rings is 2. The minimum atomic E-state index is -1.25. The zero-order valence-corrected chi connectivity index (χ0v) is 54.2. The van der Waals surface area contributed by atoms with Crippen LogP contribution >= 0.6 is 23.5 Å². The van der Waals surface area contributed by atoms with Gasteiger partial charge in [-0.25, -0.2) is 14.4 Å². The molecular weight excluding hydrogens is 1240 g/mol. The summed E-state index contributed by atoms with van der Waals surface area (Å²) in [5.74, 6) is -1.75. The molecule has 90 heavy (non-hydrogen) atoms. The van der Waals surface area contributed by atoms with Crippen LogP contribution in [0.25, 0.3) is 0 Å². The zero-order chi connectivity index (χ0) is 65.8. The van der Waals surface area contributed by atoms with Gasteiger partial charge in [-0.15, -0.1) is 33.7 Å². The Bertz CT molecular complexity index is 3070. The number of rotatable bonds is 24. The van der Waals surface area contributed by atoms with Gasteiger partial charge in [0, 0.05) is 93.5 Å². The number of carboxylic acids is 2. The molecule has 0 saturated carbocycles. The van der Waals surface area contributed by atoms with Crippen LogP contribution in [0.1, 0.15) is 71.1 Å². The van der Waals surface area contributed by atoms with Gasteiger partial charge in [0.25, 0.3) is 0 Å². The number of aliphatic carboxylic acids is 2. The van der Waals surface area contributed by atoms with Crippen molar-refractivity contribution in [2.45, 2.75) is 107 Å². The van der Waals surface area contributed by atoms with Gasteiger partial charge in [-0.1, -0.05) is 50.2 Å². The molecular formula is C60H76N10O16S4. The van der Waals surface area contributed by atoms with Crippen LogP contribution in [0.2, 0.25) is 0 Å². The molecule has 0 unspecified atom stereocenters. The minimum absolute atomic E-state index is 0.0247. The fourth-order valence-corrected chi connectivity index (χ4v) is 12.5. The topological polar surface area (TPSA) is 317 Å². The van der Waals surface area contributed by atoms with Crippen LogP contribution in [0.15, 0.2) is 97.6 Å². The van der Waals surface area contributed by atoms with Crippen LogP contribution in [-0.4, -0.2) is 217 Å². The average molecular weight is 1320 g/mol. The monoisotopic (exact) mass is 1320 g/mol. The highest BCUT2D eigenvalue weighted by atomic mass is 32.2. The Balaban J connectivity index is 0.00000316. The summed E-state index contributed by atoms with van der Waals surface area (Å²) in [6.07, 6.45) is 6.61. The van der Waals surface area contributed by atoms with Gasteiger partial charge in [-0.05, 0) is 92.6 Å². The molecule has 4 aliphatic rings. The summed E-state index contributed by atoms with van der Waals surface area (Å²) in [6.45, 7) is 14.2. The van der Waals surface area contributed by atoms with E-state index in [-0.39, 0.29) is 88.5 Å². The Labute approximate surface area is 541 Å². The number of nitrogens with one attached hydrogen (secondary N) is 2. The number of thioether (sulfide) groups is 2. The van der Waals surface area contributed by atoms with E-state index >= 15 is 0 Å². The zero-order valence-electron chi connectivity index (χ0n) is 50.9. The summed E-state index contributed by atoms with van der Waals surface area (Å²) in [7, 11) is 0. The first-order chi connectivity index (χ1) is 42.9. The van der Waals surface area contributed by atoms with Gasteiger partial charge in [-0.3, -0.25) is 33.9 Å². The van der Waals surface area contributed by atoms with Crippen LogP contribution in [0.3, 0.4) is 0 Å². The molecule has 4 aromatic rings. The second-order valence-corrected chi connectivity index (χ2v) is 26.6. The standard InChI is InChI=1S/C60H76N10O14S2.2OS/c1-58(2,20-19-48(71)65-23-25-66(26-24-65)49(72)33-42-13-11-40(12-14-42)31-46(55(76)77)63-53(74)51-59(3,4)85-38-69(51)83-44-9-7-21-61-34-44)37-81-36-50(73)67-27-29-68(30-28-67)57(80)82-43-17-15-41(16-18-43)32-47(56(78)79)64-54(75)52-60(5,6)86-39-70(52)84-45-10-8-22-62-35-45;2*1-2/h7-18,21-22,34-35,46-47,51-52H,19-20,23-33,36-39H2,1-6H3,(H,63,74)(H,64,75)(H,76,77)(H,78,79);;/t46-,47-,51+,52+;;/m0../s1. The number of amides is 6. The fraction of sp³-hybridized carbons (Fsp3) is 0.500. The van der Waals surface area contributed by atoms with Crippen molar-refractivity contribution in [3.8, 4) is 17.2 Å². The molecule has 0 spiro atoms. The molecule has 6 amide bonds. The van der Waals surface area contributed by atoms with Gasteiger partial charge in [-0.2, -0.15) is 8.42 Å². The largest absolute Gasteiger partial charge is 0.480 e. The Morgan fingerprint density at radius 1 is 0.589 bits per heavy atom. The van der Waals surface area contributed by atoms with E-state index in [1.165, 1.54) is 45.9 Å². The molecule has 8 rings (SSSR count). The minimum Gasteiger partial charge on any atom is -0.480 e. The molecule has 6 heterocycles. The van der Waals surface area contributed by atoms with E-state index in [1.807, 2.05) is 41.5 Å².